The molecule has 0 bridgehead atoms. The first kappa shape index (κ1) is 12.9. The van der Waals surface area contributed by atoms with Gasteiger partial charge in [-0.2, -0.15) is 0 Å². The molecule has 6 N–H and O–H groups in total. The summed E-state index contributed by atoms with van der Waals surface area (Å²) >= 11 is 0. The van der Waals surface area contributed by atoms with Crippen LogP contribution in [0.2, 0.25) is 0 Å². The number of primary amides is 2. The lowest BCUT2D eigenvalue weighted by atomic mass is 10.4. The van der Waals surface area contributed by atoms with Gasteiger partial charge in [-0.05, 0) is 0 Å². The second-order valence-electron chi connectivity index (χ2n) is 2.66. The van der Waals surface area contributed by atoms with Gasteiger partial charge in [-0.15, -0.1) is 0 Å². The number of hydrogen-bond acceptors (Lipinski definition) is 4. The van der Waals surface area contributed by atoms with Gasteiger partial charge in [0.15, 0.2) is 0 Å². The molecule has 84 valence electrons. The van der Waals surface area contributed by atoms with Crippen molar-refractivity contribution in [2.45, 2.75) is 12.8 Å². The Kier molecular flexibility index (Phi) is 5.45. The van der Waals surface area contributed by atoms with Crippen molar-refractivity contribution in [1.82, 2.24) is 10.6 Å². The van der Waals surface area contributed by atoms with Crippen LogP contribution in [0.1, 0.15) is 12.8 Å². The van der Waals surface area contributed by atoms with E-state index in [4.69, 9.17) is 11.5 Å². The maximum atomic E-state index is 10.8. The van der Waals surface area contributed by atoms with Crippen LogP contribution in [0, 0.1) is 0 Å². The largest absolute Gasteiger partial charge is 0.369 e. The standard InChI is InChI=1S/C7H12N4O4/c8-4(12)1-6(14)10-3-11-7(15)2-5(9)13/h1-3H2,(H2,8,12)(H2,9,13)(H,10,14)(H,11,15). The Balaban J connectivity index is 3.61. The second kappa shape index (κ2) is 6.35. The summed E-state index contributed by atoms with van der Waals surface area (Å²) < 4.78 is 0. The average Bonchev–Trinajstić information content (AvgIpc) is 2.00. The van der Waals surface area contributed by atoms with Crippen molar-refractivity contribution < 1.29 is 19.2 Å². The Morgan fingerprint density at radius 3 is 1.40 bits per heavy atom. The third kappa shape index (κ3) is 8.22. The molecule has 0 aromatic heterocycles. The molecule has 0 heterocycles. The van der Waals surface area contributed by atoms with E-state index < -0.39 is 36.5 Å². The number of nitrogens with two attached hydrogens (primary N) is 2. The molecule has 0 aliphatic heterocycles. The lowest BCUT2D eigenvalue weighted by Crippen LogP contribution is -2.39. The predicted molar refractivity (Wildman–Crippen MR) is 48.8 cm³/mol. The number of carbonyl (C=O) groups is 4. The van der Waals surface area contributed by atoms with Crippen LogP contribution < -0.4 is 22.1 Å². The minimum Gasteiger partial charge on any atom is -0.369 e. The highest BCUT2D eigenvalue weighted by molar-refractivity contribution is 5.97. The second-order valence-corrected chi connectivity index (χ2v) is 2.66. The van der Waals surface area contributed by atoms with Gasteiger partial charge in [-0.3, -0.25) is 19.2 Å². The van der Waals surface area contributed by atoms with Crippen molar-refractivity contribution in [3.8, 4) is 0 Å². The van der Waals surface area contributed by atoms with Crippen LogP contribution in [0.5, 0.6) is 0 Å². The maximum absolute atomic E-state index is 10.8. The van der Waals surface area contributed by atoms with Crippen molar-refractivity contribution in [3.05, 3.63) is 0 Å². The van der Waals surface area contributed by atoms with Crippen molar-refractivity contribution in [3.63, 3.8) is 0 Å². The van der Waals surface area contributed by atoms with Gasteiger partial charge in [0.05, 0.1) is 6.67 Å². The molecule has 4 amide bonds. The maximum Gasteiger partial charge on any atom is 0.230 e. The highest BCUT2D eigenvalue weighted by atomic mass is 16.2. The molecule has 0 aromatic rings. The normalized spacial score (nSPS) is 9.07. The molecular weight excluding hydrogens is 204 g/mol. The first-order valence-electron chi connectivity index (χ1n) is 4.02. The van der Waals surface area contributed by atoms with E-state index in [0.717, 1.165) is 0 Å². The summed E-state index contributed by atoms with van der Waals surface area (Å²) in [5, 5.41) is 4.39. The van der Waals surface area contributed by atoms with Crippen molar-refractivity contribution >= 4 is 23.6 Å². The van der Waals surface area contributed by atoms with Gasteiger partial charge in [0.25, 0.3) is 0 Å². The van der Waals surface area contributed by atoms with Gasteiger partial charge >= 0.3 is 0 Å². The Morgan fingerprint density at radius 2 is 1.13 bits per heavy atom. The number of rotatable bonds is 6. The molecule has 8 heteroatoms. The minimum absolute atomic E-state index is 0.182. The lowest BCUT2D eigenvalue weighted by molar-refractivity contribution is -0.127. The van der Waals surface area contributed by atoms with Crippen LogP contribution in [-0.4, -0.2) is 30.3 Å². The van der Waals surface area contributed by atoms with E-state index in [1.54, 1.807) is 0 Å². The smallest absolute Gasteiger partial charge is 0.230 e. The van der Waals surface area contributed by atoms with Gasteiger partial charge in [0.1, 0.15) is 12.8 Å². The van der Waals surface area contributed by atoms with E-state index in [9.17, 15) is 19.2 Å². The molecule has 0 unspecified atom stereocenters. The van der Waals surface area contributed by atoms with Gasteiger partial charge < -0.3 is 22.1 Å². The fourth-order valence-electron chi connectivity index (χ4n) is 0.683. The quantitative estimate of drug-likeness (QED) is 0.275. The average molecular weight is 216 g/mol. The van der Waals surface area contributed by atoms with E-state index >= 15 is 0 Å². The van der Waals surface area contributed by atoms with Gasteiger partial charge in [-0.1, -0.05) is 0 Å². The zero-order valence-electron chi connectivity index (χ0n) is 7.91. The van der Waals surface area contributed by atoms with Gasteiger partial charge in [-0.25, -0.2) is 0 Å². The van der Waals surface area contributed by atoms with Crippen molar-refractivity contribution in [1.29, 1.82) is 0 Å². The fourth-order valence-corrected chi connectivity index (χ4v) is 0.683. The van der Waals surface area contributed by atoms with E-state index in [1.807, 2.05) is 0 Å². The first-order chi connectivity index (χ1) is 6.91. The fraction of sp³-hybridized carbons (Fsp3) is 0.429. The zero-order chi connectivity index (χ0) is 11.8. The van der Waals surface area contributed by atoms with Crippen molar-refractivity contribution in [2.24, 2.45) is 11.5 Å². The third-order valence-corrected chi connectivity index (χ3v) is 1.24. The molecule has 0 radical (unpaired) electrons. The Bertz CT molecular complexity index is 261. The van der Waals surface area contributed by atoms with E-state index in [2.05, 4.69) is 10.6 Å². The molecule has 0 aliphatic carbocycles. The minimum atomic E-state index is -0.768. The molecule has 15 heavy (non-hydrogen) atoms. The summed E-state index contributed by atoms with van der Waals surface area (Å²) in [5.41, 5.74) is 9.48. The molecule has 0 aromatic carbocycles. The Labute approximate surface area is 85.4 Å². The van der Waals surface area contributed by atoms with Crippen LogP contribution in [0.25, 0.3) is 0 Å². The molecule has 0 atom stereocenters. The molecule has 0 saturated carbocycles. The molecule has 0 fully saturated rings. The number of carbonyl (C=O) groups excluding carboxylic acids is 4. The third-order valence-electron chi connectivity index (χ3n) is 1.24. The number of hydrogen-bond donors (Lipinski definition) is 4. The molecule has 8 nitrogen and oxygen atoms in total. The predicted octanol–water partition coefficient (Wildman–Crippen LogP) is -3.07. The van der Waals surface area contributed by atoms with Crippen LogP contribution in [0.4, 0.5) is 0 Å². The molecule has 0 aliphatic rings. The summed E-state index contributed by atoms with van der Waals surface area (Å²) in [5.74, 6) is -2.75. The molecular formula is C7H12N4O4. The summed E-state index contributed by atoms with van der Waals surface area (Å²) in [6, 6.07) is 0. The Hall–Kier alpha value is -2.12. The summed E-state index contributed by atoms with van der Waals surface area (Å²) in [7, 11) is 0. The zero-order valence-corrected chi connectivity index (χ0v) is 7.91. The summed E-state index contributed by atoms with van der Waals surface area (Å²) in [6.45, 7) is -0.182. The van der Waals surface area contributed by atoms with Crippen LogP contribution in [0.15, 0.2) is 0 Å². The molecule has 0 spiro atoms. The van der Waals surface area contributed by atoms with Crippen LogP contribution in [0.3, 0.4) is 0 Å². The van der Waals surface area contributed by atoms with Crippen LogP contribution >= 0.6 is 0 Å². The SMILES string of the molecule is NC(=O)CC(=O)NCNC(=O)CC(N)=O. The Morgan fingerprint density at radius 1 is 0.800 bits per heavy atom. The van der Waals surface area contributed by atoms with Gasteiger partial charge in [0.2, 0.25) is 23.6 Å². The van der Waals surface area contributed by atoms with Crippen molar-refractivity contribution in [2.75, 3.05) is 6.67 Å². The monoisotopic (exact) mass is 216 g/mol. The highest BCUT2D eigenvalue weighted by Crippen LogP contribution is 1.77. The van der Waals surface area contributed by atoms with Crippen LogP contribution in [-0.2, 0) is 19.2 Å². The van der Waals surface area contributed by atoms with E-state index in [0.29, 0.717) is 0 Å². The first-order valence-corrected chi connectivity index (χ1v) is 4.02. The van der Waals surface area contributed by atoms with Gasteiger partial charge in [0, 0.05) is 0 Å². The summed E-state index contributed by atoms with van der Waals surface area (Å²) in [6.07, 6.45) is -0.905. The molecule has 0 saturated heterocycles. The van der Waals surface area contributed by atoms with E-state index in [-0.39, 0.29) is 6.67 Å². The molecule has 0 rings (SSSR count). The van der Waals surface area contributed by atoms with E-state index in [1.165, 1.54) is 0 Å². The number of nitrogens with one attached hydrogen (secondary N) is 2. The summed E-state index contributed by atoms with van der Waals surface area (Å²) in [4.78, 5) is 42.1. The topological polar surface area (TPSA) is 144 Å². The highest BCUT2D eigenvalue weighted by Gasteiger charge is 2.07. The number of amides is 4. The lowest BCUT2D eigenvalue weighted by Gasteiger charge is -2.04.